The predicted molar refractivity (Wildman–Crippen MR) is 99.9 cm³/mol. The molecule has 0 saturated carbocycles. The fourth-order valence-electron chi connectivity index (χ4n) is 2.85. The van der Waals surface area contributed by atoms with Crippen molar-refractivity contribution in [2.45, 2.75) is 33.9 Å². The SMILES string of the molecule is Cc1nc(NC(=O)CN2C(=O)c3ccccc3N[C@H]2C(C)C)sc1C. The first-order valence-corrected chi connectivity index (χ1v) is 9.09. The second-order valence-corrected chi connectivity index (χ2v) is 7.72. The summed E-state index contributed by atoms with van der Waals surface area (Å²) in [7, 11) is 0. The van der Waals surface area contributed by atoms with E-state index in [1.54, 1.807) is 11.0 Å². The number of aryl methyl sites for hydroxylation is 2. The average molecular weight is 358 g/mol. The van der Waals surface area contributed by atoms with E-state index in [2.05, 4.69) is 15.6 Å². The van der Waals surface area contributed by atoms with Crippen LogP contribution in [0.25, 0.3) is 0 Å². The van der Waals surface area contributed by atoms with Gasteiger partial charge in [-0.15, -0.1) is 11.3 Å². The molecule has 1 aliphatic rings. The maximum atomic E-state index is 12.9. The van der Waals surface area contributed by atoms with Gasteiger partial charge in [-0.05, 0) is 31.9 Å². The van der Waals surface area contributed by atoms with Crippen LogP contribution in [0.1, 0.15) is 34.8 Å². The molecule has 25 heavy (non-hydrogen) atoms. The molecule has 1 atom stereocenters. The van der Waals surface area contributed by atoms with Gasteiger partial charge in [0.05, 0.1) is 11.3 Å². The smallest absolute Gasteiger partial charge is 0.258 e. The van der Waals surface area contributed by atoms with Crippen LogP contribution in [-0.2, 0) is 4.79 Å². The number of aromatic nitrogens is 1. The van der Waals surface area contributed by atoms with Crippen LogP contribution in [0.4, 0.5) is 10.8 Å². The summed E-state index contributed by atoms with van der Waals surface area (Å²) >= 11 is 1.44. The van der Waals surface area contributed by atoms with Crippen LogP contribution < -0.4 is 10.6 Å². The minimum Gasteiger partial charge on any atom is -0.364 e. The molecule has 132 valence electrons. The average Bonchev–Trinajstić information content (AvgIpc) is 2.87. The molecule has 0 saturated heterocycles. The summed E-state index contributed by atoms with van der Waals surface area (Å²) in [6.45, 7) is 7.91. The number of para-hydroxylation sites is 1. The fourth-order valence-corrected chi connectivity index (χ4v) is 3.68. The standard InChI is InChI=1S/C18H22N4O2S/c1-10(2)16-20-14-8-6-5-7-13(14)17(24)22(16)9-15(23)21-18-19-11(3)12(4)25-18/h5-8,10,16,20H,9H2,1-4H3,(H,19,21,23)/t16-/m1/s1. The lowest BCUT2D eigenvalue weighted by atomic mass is 10.0. The fraction of sp³-hybridized carbons (Fsp3) is 0.389. The van der Waals surface area contributed by atoms with Crippen molar-refractivity contribution >= 4 is 34.0 Å². The first kappa shape index (κ1) is 17.4. The van der Waals surface area contributed by atoms with E-state index in [1.165, 1.54) is 11.3 Å². The van der Waals surface area contributed by atoms with Gasteiger partial charge in [0.15, 0.2) is 5.13 Å². The number of nitrogens with zero attached hydrogens (tertiary/aromatic N) is 2. The summed E-state index contributed by atoms with van der Waals surface area (Å²) in [5, 5.41) is 6.74. The number of carbonyl (C=O) groups is 2. The molecule has 0 fully saturated rings. The topological polar surface area (TPSA) is 74.3 Å². The number of amides is 2. The molecule has 0 radical (unpaired) electrons. The lowest BCUT2D eigenvalue weighted by Crippen LogP contribution is -2.53. The van der Waals surface area contributed by atoms with Gasteiger partial charge in [-0.25, -0.2) is 4.98 Å². The molecule has 1 aliphatic heterocycles. The Morgan fingerprint density at radius 1 is 1.36 bits per heavy atom. The molecule has 6 nitrogen and oxygen atoms in total. The molecule has 1 aromatic heterocycles. The van der Waals surface area contributed by atoms with Crippen LogP contribution in [0.15, 0.2) is 24.3 Å². The number of benzene rings is 1. The summed E-state index contributed by atoms with van der Waals surface area (Å²) in [5.41, 5.74) is 2.31. The second kappa shape index (κ2) is 6.84. The van der Waals surface area contributed by atoms with E-state index < -0.39 is 0 Å². The molecule has 2 N–H and O–H groups in total. The van der Waals surface area contributed by atoms with E-state index in [9.17, 15) is 9.59 Å². The highest BCUT2D eigenvalue weighted by molar-refractivity contribution is 7.15. The Labute approximate surface area is 151 Å². The molecule has 0 spiro atoms. The molecule has 7 heteroatoms. The van der Waals surface area contributed by atoms with Gasteiger partial charge in [-0.1, -0.05) is 26.0 Å². The maximum absolute atomic E-state index is 12.9. The van der Waals surface area contributed by atoms with Crippen molar-refractivity contribution < 1.29 is 9.59 Å². The molecule has 2 amide bonds. The minimum atomic E-state index is -0.242. The summed E-state index contributed by atoms with van der Waals surface area (Å²) in [4.78, 5) is 32.3. The number of hydrogen-bond acceptors (Lipinski definition) is 5. The number of thiazole rings is 1. The Morgan fingerprint density at radius 2 is 2.08 bits per heavy atom. The summed E-state index contributed by atoms with van der Waals surface area (Å²) in [5.74, 6) is -0.210. The molecule has 0 unspecified atom stereocenters. The molecule has 0 bridgehead atoms. The summed E-state index contributed by atoms with van der Waals surface area (Å²) in [6.07, 6.45) is -0.229. The van der Waals surface area contributed by atoms with Crippen molar-refractivity contribution in [2.75, 3.05) is 17.2 Å². The second-order valence-electron chi connectivity index (χ2n) is 6.52. The number of carbonyl (C=O) groups excluding carboxylic acids is 2. The Balaban J connectivity index is 1.79. The monoisotopic (exact) mass is 358 g/mol. The Bertz CT molecular complexity index is 796. The normalized spacial score (nSPS) is 16.6. The van der Waals surface area contributed by atoms with Crippen molar-refractivity contribution in [3.05, 3.63) is 40.4 Å². The van der Waals surface area contributed by atoms with E-state index in [4.69, 9.17) is 0 Å². The first-order chi connectivity index (χ1) is 11.9. The zero-order valence-electron chi connectivity index (χ0n) is 14.8. The molecular weight excluding hydrogens is 336 g/mol. The predicted octanol–water partition coefficient (Wildman–Crippen LogP) is 3.25. The highest BCUT2D eigenvalue weighted by Gasteiger charge is 2.34. The van der Waals surface area contributed by atoms with Crippen molar-refractivity contribution in [1.29, 1.82) is 0 Å². The Kier molecular flexibility index (Phi) is 4.76. The lowest BCUT2D eigenvalue weighted by molar-refractivity contribution is -0.117. The number of nitrogens with one attached hydrogen (secondary N) is 2. The molecular formula is C18H22N4O2S. The Hall–Kier alpha value is -2.41. The van der Waals surface area contributed by atoms with Crippen LogP contribution in [0.3, 0.4) is 0 Å². The van der Waals surface area contributed by atoms with Crippen molar-refractivity contribution in [3.63, 3.8) is 0 Å². The van der Waals surface area contributed by atoms with Gasteiger partial charge in [0.1, 0.15) is 12.7 Å². The van der Waals surface area contributed by atoms with Gasteiger partial charge in [-0.2, -0.15) is 0 Å². The molecule has 2 aromatic rings. The van der Waals surface area contributed by atoms with E-state index in [1.807, 2.05) is 45.9 Å². The molecule has 1 aromatic carbocycles. The van der Waals surface area contributed by atoms with Crippen LogP contribution >= 0.6 is 11.3 Å². The van der Waals surface area contributed by atoms with Crippen molar-refractivity contribution in [2.24, 2.45) is 5.92 Å². The lowest BCUT2D eigenvalue weighted by Gasteiger charge is -2.39. The van der Waals surface area contributed by atoms with Gasteiger partial charge in [0.2, 0.25) is 5.91 Å². The van der Waals surface area contributed by atoms with Crippen LogP contribution in [0.5, 0.6) is 0 Å². The van der Waals surface area contributed by atoms with Crippen molar-refractivity contribution in [3.8, 4) is 0 Å². The third kappa shape index (κ3) is 3.51. The highest BCUT2D eigenvalue weighted by Crippen LogP contribution is 2.28. The van der Waals surface area contributed by atoms with Crippen LogP contribution in [-0.4, -0.2) is 34.4 Å². The number of fused-ring (bicyclic) bond motifs is 1. The first-order valence-electron chi connectivity index (χ1n) is 8.27. The van der Waals surface area contributed by atoms with Crippen LogP contribution in [0.2, 0.25) is 0 Å². The van der Waals surface area contributed by atoms with Gasteiger partial charge in [0.25, 0.3) is 5.91 Å². The van der Waals surface area contributed by atoms with Gasteiger partial charge < -0.3 is 15.5 Å². The van der Waals surface area contributed by atoms with Gasteiger partial charge in [0, 0.05) is 10.6 Å². The minimum absolute atomic E-state index is 0.0132. The number of anilines is 2. The largest absolute Gasteiger partial charge is 0.364 e. The number of hydrogen-bond donors (Lipinski definition) is 2. The number of rotatable bonds is 4. The third-order valence-electron chi connectivity index (χ3n) is 4.28. The van der Waals surface area contributed by atoms with Gasteiger partial charge >= 0.3 is 0 Å². The van der Waals surface area contributed by atoms with Crippen molar-refractivity contribution in [1.82, 2.24) is 9.88 Å². The molecule has 0 aliphatic carbocycles. The molecule has 2 heterocycles. The quantitative estimate of drug-likeness (QED) is 0.880. The highest BCUT2D eigenvalue weighted by atomic mass is 32.1. The molecule has 3 rings (SSSR count). The summed E-state index contributed by atoms with van der Waals surface area (Å²) < 4.78 is 0. The summed E-state index contributed by atoms with van der Waals surface area (Å²) in [6, 6.07) is 7.39. The van der Waals surface area contributed by atoms with E-state index >= 15 is 0 Å². The van der Waals surface area contributed by atoms with Gasteiger partial charge in [-0.3, -0.25) is 9.59 Å². The zero-order chi connectivity index (χ0) is 18.1. The Morgan fingerprint density at radius 3 is 2.72 bits per heavy atom. The third-order valence-corrected chi connectivity index (χ3v) is 5.27. The maximum Gasteiger partial charge on any atom is 0.258 e. The van der Waals surface area contributed by atoms with E-state index in [-0.39, 0.29) is 30.4 Å². The van der Waals surface area contributed by atoms with E-state index in [0.29, 0.717) is 10.7 Å². The van der Waals surface area contributed by atoms with E-state index in [0.717, 1.165) is 16.3 Å². The van der Waals surface area contributed by atoms with Crippen LogP contribution in [0, 0.1) is 19.8 Å². The zero-order valence-corrected chi connectivity index (χ0v) is 15.6.